The van der Waals surface area contributed by atoms with Crippen molar-refractivity contribution in [3.63, 3.8) is 0 Å². The van der Waals surface area contributed by atoms with Gasteiger partial charge in [0, 0.05) is 25.6 Å². The fraction of sp³-hybridized carbons (Fsp3) is 0.833. The van der Waals surface area contributed by atoms with Gasteiger partial charge in [-0.05, 0) is 31.7 Å². The lowest BCUT2D eigenvalue weighted by atomic mass is 9.99. The SMILES string of the molecule is NCC1CCCN(c2n[nH]c(C3CCOC3)n2)C1. The van der Waals surface area contributed by atoms with Crippen molar-refractivity contribution in [2.45, 2.75) is 25.2 Å². The first kappa shape index (κ1) is 11.9. The second-order valence-corrected chi connectivity index (χ2v) is 5.27. The molecule has 0 bridgehead atoms. The van der Waals surface area contributed by atoms with Gasteiger partial charge in [0.2, 0.25) is 5.95 Å². The number of piperidine rings is 1. The van der Waals surface area contributed by atoms with E-state index < -0.39 is 0 Å². The number of H-pyrrole nitrogens is 1. The first-order valence-electron chi connectivity index (χ1n) is 6.82. The fourth-order valence-electron chi connectivity index (χ4n) is 2.78. The van der Waals surface area contributed by atoms with E-state index in [4.69, 9.17) is 10.5 Å². The number of nitrogens with one attached hydrogen (secondary N) is 1. The van der Waals surface area contributed by atoms with Gasteiger partial charge >= 0.3 is 0 Å². The third-order valence-corrected chi connectivity index (χ3v) is 3.94. The molecule has 2 aliphatic heterocycles. The number of anilines is 1. The van der Waals surface area contributed by atoms with Crippen molar-refractivity contribution in [2.75, 3.05) is 37.7 Å². The molecule has 2 unspecified atom stereocenters. The lowest BCUT2D eigenvalue weighted by molar-refractivity contribution is 0.193. The summed E-state index contributed by atoms with van der Waals surface area (Å²) < 4.78 is 5.38. The lowest BCUT2D eigenvalue weighted by Crippen LogP contribution is -2.39. The molecule has 6 heteroatoms. The zero-order chi connectivity index (χ0) is 12.4. The number of aromatic amines is 1. The molecule has 0 amide bonds. The summed E-state index contributed by atoms with van der Waals surface area (Å²) in [5.41, 5.74) is 5.76. The van der Waals surface area contributed by atoms with E-state index in [0.29, 0.717) is 11.8 Å². The predicted molar refractivity (Wildman–Crippen MR) is 68.6 cm³/mol. The van der Waals surface area contributed by atoms with Crippen molar-refractivity contribution in [1.82, 2.24) is 15.2 Å². The van der Waals surface area contributed by atoms with Crippen LogP contribution in [0.25, 0.3) is 0 Å². The van der Waals surface area contributed by atoms with Crippen LogP contribution in [0.2, 0.25) is 0 Å². The van der Waals surface area contributed by atoms with Crippen LogP contribution in [0, 0.1) is 5.92 Å². The Morgan fingerprint density at radius 1 is 1.44 bits per heavy atom. The number of nitrogens with zero attached hydrogens (tertiary/aromatic N) is 3. The van der Waals surface area contributed by atoms with E-state index in [9.17, 15) is 0 Å². The van der Waals surface area contributed by atoms with E-state index in [-0.39, 0.29) is 0 Å². The van der Waals surface area contributed by atoms with E-state index in [2.05, 4.69) is 20.1 Å². The smallest absolute Gasteiger partial charge is 0.244 e. The predicted octanol–water partition coefficient (Wildman–Crippen LogP) is 0.484. The van der Waals surface area contributed by atoms with Gasteiger partial charge in [0.15, 0.2) is 0 Å². The molecule has 2 atom stereocenters. The minimum absolute atomic E-state index is 0.390. The number of hydrogen-bond donors (Lipinski definition) is 2. The molecule has 1 aromatic heterocycles. The van der Waals surface area contributed by atoms with Crippen LogP contribution >= 0.6 is 0 Å². The zero-order valence-corrected chi connectivity index (χ0v) is 10.6. The quantitative estimate of drug-likeness (QED) is 0.817. The van der Waals surface area contributed by atoms with E-state index in [0.717, 1.165) is 51.0 Å². The van der Waals surface area contributed by atoms with Crippen molar-refractivity contribution in [2.24, 2.45) is 11.7 Å². The standard InChI is InChI=1S/C12H21N5O/c13-6-9-2-1-4-17(7-9)12-14-11(15-16-12)10-3-5-18-8-10/h9-10H,1-8,13H2,(H,14,15,16). The van der Waals surface area contributed by atoms with Crippen molar-refractivity contribution in [3.05, 3.63) is 5.82 Å². The Bertz CT molecular complexity index is 388. The Hall–Kier alpha value is -1.14. The minimum atomic E-state index is 0.390. The second kappa shape index (κ2) is 5.24. The molecule has 0 aliphatic carbocycles. The minimum Gasteiger partial charge on any atom is -0.381 e. The highest BCUT2D eigenvalue weighted by atomic mass is 16.5. The molecule has 100 valence electrons. The summed E-state index contributed by atoms with van der Waals surface area (Å²) in [6, 6.07) is 0. The van der Waals surface area contributed by atoms with Gasteiger partial charge in [0.25, 0.3) is 0 Å². The van der Waals surface area contributed by atoms with Crippen LogP contribution in [0.15, 0.2) is 0 Å². The van der Waals surface area contributed by atoms with Crippen LogP contribution in [0.1, 0.15) is 31.0 Å². The second-order valence-electron chi connectivity index (χ2n) is 5.27. The summed E-state index contributed by atoms with van der Waals surface area (Å²) in [6.45, 7) is 4.37. The third-order valence-electron chi connectivity index (χ3n) is 3.94. The Balaban J connectivity index is 1.68. The molecule has 3 N–H and O–H groups in total. The number of aromatic nitrogens is 3. The maximum atomic E-state index is 5.76. The van der Waals surface area contributed by atoms with Gasteiger partial charge in [-0.2, -0.15) is 4.98 Å². The number of nitrogens with two attached hydrogens (primary N) is 1. The van der Waals surface area contributed by atoms with Crippen LogP contribution < -0.4 is 10.6 Å². The van der Waals surface area contributed by atoms with Crippen LogP contribution in [-0.2, 0) is 4.74 Å². The number of ether oxygens (including phenoxy) is 1. The molecule has 0 radical (unpaired) electrons. The van der Waals surface area contributed by atoms with Crippen LogP contribution in [0.4, 0.5) is 5.95 Å². The first-order chi connectivity index (χ1) is 8.86. The van der Waals surface area contributed by atoms with Crippen molar-refractivity contribution in [1.29, 1.82) is 0 Å². The molecular formula is C12H21N5O. The maximum absolute atomic E-state index is 5.76. The average molecular weight is 251 g/mol. The molecule has 1 aromatic rings. The molecule has 3 rings (SSSR count). The topological polar surface area (TPSA) is 80.1 Å². The highest BCUT2D eigenvalue weighted by Gasteiger charge is 2.25. The summed E-state index contributed by atoms with van der Waals surface area (Å²) in [6.07, 6.45) is 3.44. The molecule has 6 nitrogen and oxygen atoms in total. The molecule has 0 spiro atoms. The third kappa shape index (κ3) is 2.35. The van der Waals surface area contributed by atoms with Gasteiger partial charge in [-0.3, -0.25) is 5.10 Å². The molecule has 2 aliphatic rings. The van der Waals surface area contributed by atoms with E-state index in [1.54, 1.807) is 0 Å². The molecule has 18 heavy (non-hydrogen) atoms. The van der Waals surface area contributed by atoms with Gasteiger partial charge in [0.05, 0.1) is 6.61 Å². The monoisotopic (exact) mass is 251 g/mol. The number of hydrogen-bond acceptors (Lipinski definition) is 5. The largest absolute Gasteiger partial charge is 0.381 e. The van der Waals surface area contributed by atoms with E-state index in [1.165, 1.54) is 12.8 Å². The first-order valence-corrected chi connectivity index (χ1v) is 6.82. The highest BCUT2D eigenvalue weighted by molar-refractivity contribution is 5.30. The Morgan fingerprint density at radius 2 is 2.39 bits per heavy atom. The molecule has 0 aromatic carbocycles. The summed E-state index contributed by atoms with van der Waals surface area (Å²) in [4.78, 5) is 6.87. The average Bonchev–Trinajstić information content (AvgIpc) is 3.09. The molecular weight excluding hydrogens is 230 g/mol. The number of rotatable bonds is 3. The molecule has 2 fully saturated rings. The van der Waals surface area contributed by atoms with Crippen molar-refractivity contribution < 1.29 is 4.74 Å². The molecule has 3 heterocycles. The van der Waals surface area contributed by atoms with Crippen molar-refractivity contribution in [3.8, 4) is 0 Å². The Morgan fingerprint density at radius 3 is 3.17 bits per heavy atom. The Kier molecular flexibility index (Phi) is 3.47. The summed E-state index contributed by atoms with van der Waals surface area (Å²) in [5, 5.41) is 7.41. The normalized spacial score (nSPS) is 28.8. The van der Waals surface area contributed by atoms with Crippen LogP contribution in [-0.4, -0.2) is 48.0 Å². The zero-order valence-electron chi connectivity index (χ0n) is 10.6. The van der Waals surface area contributed by atoms with Gasteiger partial charge in [0.1, 0.15) is 5.82 Å². The van der Waals surface area contributed by atoms with Crippen LogP contribution in [0.5, 0.6) is 0 Å². The summed E-state index contributed by atoms with van der Waals surface area (Å²) in [5.74, 6) is 2.77. The summed E-state index contributed by atoms with van der Waals surface area (Å²) >= 11 is 0. The summed E-state index contributed by atoms with van der Waals surface area (Å²) in [7, 11) is 0. The molecule has 2 saturated heterocycles. The highest BCUT2D eigenvalue weighted by Crippen LogP contribution is 2.25. The van der Waals surface area contributed by atoms with E-state index >= 15 is 0 Å². The van der Waals surface area contributed by atoms with E-state index in [1.807, 2.05) is 0 Å². The fourth-order valence-corrected chi connectivity index (χ4v) is 2.78. The van der Waals surface area contributed by atoms with Gasteiger partial charge in [-0.25, -0.2) is 0 Å². The van der Waals surface area contributed by atoms with Crippen molar-refractivity contribution >= 4 is 5.95 Å². The van der Waals surface area contributed by atoms with Gasteiger partial charge in [-0.15, -0.1) is 5.10 Å². The van der Waals surface area contributed by atoms with Gasteiger partial charge < -0.3 is 15.4 Å². The Labute approximate surface area is 107 Å². The van der Waals surface area contributed by atoms with Crippen LogP contribution in [0.3, 0.4) is 0 Å². The maximum Gasteiger partial charge on any atom is 0.244 e. The molecule has 0 saturated carbocycles. The lowest BCUT2D eigenvalue weighted by Gasteiger charge is -2.31. The van der Waals surface area contributed by atoms with Gasteiger partial charge in [-0.1, -0.05) is 0 Å².